The smallest absolute Gasteiger partial charge is 0.336 e. The van der Waals surface area contributed by atoms with Gasteiger partial charge in [-0.1, -0.05) is 26.3 Å². The minimum absolute atomic E-state index is 0.0721. The van der Waals surface area contributed by atoms with Gasteiger partial charge < -0.3 is 15.7 Å². The second-order valence-corrected chi connectivity index (χ2v) is 5.53. The normalized spacial score (nSPS) is 13.3. The predicted octanol–water partition coefficient (Wildman–Crippen LogP) is 3.64. The third-order valence-corrected chi connectivity index (χ3v) is 3.64. The number of benzene rings is 1. The largest absolute Gasteiger partial charge is 0.478 e. The van der Waals surface area contributed by atoms with Crippen LogP contribution in [0.15, 0.2) is 18.2 Å². The standard InChI is InChI=1S/C16H24N2O3/c1-5-10(2)9-11(3)17-16(21)18-14-8-6-7-13(12(14)4)15(19)20/h6-8,10-11H,5,9H2,1-4H3,(H,19,20)(H2,17,18,21). The first-order valence-corrected chi connectivity index (χ1v) is 7.25. The minimum Gasteiger partial charge on any atom is -0.478 e. The van der Waals surface area contributed by atoms with Gasteiger partial charge in [0.25, 0.3) is 0 Å². The van der Waals surface area contributed by atoms with E-state index in [2.05, 4.69) is 24.5 Å². The molecule has 0 aliphatic heterocycles. The molecule has 5 heteroatoms. The van der Waals surface area contributed by atoms with Gasteiger partial charge in [-0.2, -0.15) is 0 Å². The van der Waals surface area contributed by atoms with Crippen molar-refractivity contribution in [3.05, 3.63) is 29.3 Å². The summed E-state index contributed by atoms with van der Waals surface area (Å²) in [6, 6.07) is 4.60. The van der Waals surface area contributed by atoms with Gasteiger partial charge in [0.15, 0.2) is 0 Å². The maximum atomic E-state index is 12.0. The highest BCUT2D eigenvalue weighted by molar-refractivity contribution is 5.95. The van der Waals surface area contributed by atoms with Crippen LogP contribution in [-0.4, -0.2) is 23.1 Å². The lowest BCUT2D eigenvalue weighted by atomic mass is 10.0. The molecule has 0 aliphatic rings. The van der Waals surface area contributed by atoms with E-state index in [0.717, 1.165) is 12.8 Å². The minimum atomic E-state index is -0.998. The van der Waals surface area contributed by atoms with Gasteiger partial charge >= 0.3 is 12.0 Å². The summed E-state index contributed by atoms with van der Waals surface area (Å²) in [5.74, 6) is -0.445. The fraction of sp³-hybridized carbons (Fsp3) is 0.500. The zero-order valence-corrected chi connectivity index (χ0v) is 13.1. The van der Waals surface area contributed by atoms with Crippen LogP contribution in [0.5, 0.6) is 0 Å². The van der Waals surface area contributed by atoms with Gasteiger partial charge in [-0.3, -0.25) is 0 Å². The second-order valence-electron chi connectivity index (χ2n) is 5.53. The van der Waals surface area contributed by atoms with E-state index in [1.165, 1.54) is 6.07 Å². The molecule has 0 aliphatic carbocycles. The Morgan fingerprint density at radius 3 is 2.52 bits per heavy atom. The highest BCUT2D eigenvalue weighted by Crippen LogP contribution is 2.19. The van der Waals surface area contributed by atoms with E-state index in [-0.39, 0.29) is 17.6 Å². The summed E-state index contributed by atoms with van der Waals surface area (Å²) in [5, 5.41) is 14.7. The Hall–Kier alpha value is -2.04. The Labute approximate surface area is 125 Å². The lowest BCUT2D eigenvalue weighted by Gasteiger charge is -2.18. The van der Waals surface area contributed by atoms with Crippen LogP contribution in [0.25, 0.3) is 0 Å². The number of carbonyl (C=O) groups excluding carboxylic acids is 1. The second kappa shape index (κ2) is 7.67. The molecule has 0 heterocycles. The van der Waals surface area contributed by atoms with Gasteiger partial charge in [0, 0.05) is 11.7 Å². The molecule has 1 rings (SSSR count). The number of anilines is 1. The van der Waals surface area contributed by atoms with Crippen LogP contribution in [0.2, 0.25) is 0 Å². The number of hydrogen-bond donors (Lipinski definition) is 3. The maximum absolute atomic E-state index is 12.0. The predicted molar refractivity (Wildman–Crippen MR) is 83.8 cm³/mol. The number of carbonyl (C=O) groups is 2. The molecule has 1 aromatic rings. The van der Waals surface area contributed by atoms with Crippen molar-refractivity contribution >= 4 is 17.7 Å². The van der Waals surface area contributed by atoms with Crippen molar-refractivity contribution in [2.24, 2.45) is 5.92 Å². The van der Waals surface area contributed by atoms with Crippen molar-refractivity contribution in [2.75, 3.05) is 5.32 Å². The van der Waals surface area contributed by atoms with E-state index in [9.17, 15) is 9.59 Å². The molecule has 3 N–H and O–H groups in total. The number of urea groups is 1. The molecule has 1 aromatic carbocycles. The molecular formula is C16H24N2O3. The van der Waals surface area contributed by atoms with Crippen LogP contribution in [0.4, 0.5) is 10.5 Å². The molecule has 0 saturated carbocycles. The SMILES string of the molecule is CCC(C)CC(C)NC(=O)Nc1cccc(C(=O)O)c1C. The lowest BCUT2D eigenvalue weighted by molar-refractivity contribution is 0.0696. The quantitative estimate of drug-likeness (QED) is 0.749. The average Bonchev–Trinajstić information content (AvgIpc) is 2.40. The van der Waals surface area contributed by atoms with Crippen molar-refractivity contribution in [2.45, 2.75) is 46.6 Å². The van der Waals surface area contributed by atoms with E-state index in [4.69, 9.17) is 5.11 Å². The van der Waals surface area contributed by atoms with Crippen molar-refractivity contribution < 1.29 is 14.7 Å². The van der Waals surface area contributed by atoms with Crippen molar-refractivity contribution in [3.8, 4) is 0 Å². The molecule has 5 nitrogen and oxygen atoms in total. The van der Waals surface area contributed by atoms with Gasteiger partial charge in [0.05, 0.1) is 5.56 Å². The summed E-state index contributed by atoms with van der Waals surface area (Å²) < 4.78 is 0. The zero-order chi connectivity index (χ0) is 16.0. The fourth-order valence-corrected chi connectivity index (χ4v) is 2.21. The lowest BCUT2D eigenvalue weighted by Crippen LogP contribution is -2.37. The first kappa shape index (κ1) is 17.0. The third-order valence-electron chi connectivity index (χ3n) is 3.64. The van der Waals surface area contributed by atoms with E-state index in [0.29, 0.717) is 17.2 Å². The molecule has 0 bridgehead atoms. The van der Waals surface area contributed by atoms with E-state index in [1.54, 1.807) is 19.1 Å². The molecule has 0 fully saturated rings. The summed E-state index contributed by atoms with van der Waals surface area (Å²) in [6.45, 7) is 7.92. The molecule has 0 spiro atoms. The monoisotopic (exact) mass is 292 g/mol. The number of nitrogens with one attached hydrogen (secondary N) is 2. The van der Waals surface area contributed by atoms with Gasteiger partial charge in [0.2, 0.25) is 0 Å². The number of hydrogen-bond acceptors (Lipinski definition) is 2. The first-order chi connectivity index (χ1) is 9.85. The Kier molecular flexibility index (Phi) is 6.21. The van der Waals surface area contributed by atoms with Crippen molar-refractivity contribution in [3.63, 3.8) is 0 Å². The molecule has 21 heavy (non-hydrogen) atoms. The highest BCUT2D eigenvalue weighted by atomic mass is 16.4. The van der Waals surface area contributed by atoms with Crippen molar-refractivity contribution in [1.82, 2.24) is 5.32 Å². The molecule has 0 aromatic heterocycles. The zero-order valence-electron chi connectivity index (χ0n) is 13.1. The number of carboxylic acids is 1. The van der Waals surface area contributed by atoms with Gasteiger partial charge in [-0.15, -0.1) is 0 Å². The Morgan fingerprint density at radius 1 is 1.29 bits per heavy atom. The molecule has 2 amide bonds. The highest BCUT2D eigenvalue weighted by Gasteiger charge is 2.14. The number of rotatable bonds is 6. The Bertz CT molecular complexity index is 514. The summed E-state index contributed by atoms with van der Waals surface area (Å²) >= 11 is 0. The topological polar surface area (TPSA) is 78.4 Å². The average molecular weight is 292 g/mol. The molecular weight excluding hydrogens is 268 g/mol. The van der Waals surface area contributed by atoms with Crippen LogP contribution in [0.1, 0.15) is 49.5 Å². The Morgan fingerprint density at radius 2 is 1.95 bits per heavy atom. The number of amides is 2. The van der Waals surface area contributed by atoms with Gasteiger partial charge in [-0.25, -0.2) is 9.59 Å². The summed E-state index contributed by atoms with van der Waals surface area (Å²) in [5.41, 5.74) is 1.26. The fourth-order valence-electron chi connectivity index (χ4n) is 2.21. The van der Waals surface area contributed by atoms with Gasteiger partial charge in [-0.05, 0) is 43.9 Å². The van der Waals surface area contributed by atoms with E-state index < -0.39 is 5.97 Å². The molecule has 0 radical (unpaired) electrons. The van der Waals surface area contributed by atoms with Crippen LogP contribution in [0.3, 0.4) is 0 Å². The molecule has 2 atom stereocenters. The van der Waals surface area contributed by atoms with Crippen molar-refractivity contribution in [1.29, 1.82) is 0 Å². The van der Waals surface area contributed by atoms with Crippen LogP contribution >= 0.6 is 0 Å². The van der Waals surface area contributed by atoms with Crippen LogP contribution in [-0.2, 0) is 0 Å². The van der Waals surface area contributed by atoms with Gasteiger partial charge in [0.1, 0.15) is 0 Å². The Balaban J connectivity index is 2.67. The van der Waals surface area contributed by atoms with E-state index in [1.807, 2.05) is 6.92 Å². The number of carboxylic acid groups (broad SMARTS) is 1. The molecule has 0 saturated heterocycles. The third kappa shape index (κ3) is 5.10. The maximum Gasteiger partial charge on any atom is 0.336 e. The summed E-state index contributed by atoms with van der Waals surface area (Å²) in [6.07, 6.45) is 1.99. The van der Waals surface area contributed by atoms with Crippen LogP contribution in [0, 0.1) is 12.8 Å². The van der Waals surface area contributed by atoms with E-state index >= 15 is 0 Å². The molecule has 116 valence electrons. The first-order valence-electron chi connectivity index (χ1n) is 7.25. The summed E-state index contributed by atoms with van der Waals surface area (Å²) in [4.78, 5) is 23.0. The summed E-state index contributed by atoms with van der Waals surface area (Å²) in [7, 11) is 0. The van der Waals surface area contributed by atoms with Crippen LogP contribution < -0.4 is 10.6 Å². The molecule has 2 unspecified atom stereocenters. The number of aromatic carboxylic acids is 1.